The lowest BCUT2D eigenvalue weighted by atomic mass is 10.2. The molecule has 1 saturated heterocycles. The van der Waals surface area contributed by atoms with Crippen LogP contribution < -0.4 is 11.5 Å². The Morgan fingerprint density at radius 3 is 2.70 bits per heavy atom. The molecule has 1 aliphatic rings. The van der Waals surface area contributed by atoms with Crippen LogP contribution in [0.1, 0.15) is 23.2 Å². The van der Waals surface area contributed by atoms with E-state index in [9.17, 15) is 18.3 Å². The van der Waals surface area contributed by atoms with Gasteiger partial charge in [-0.05, 0) is 31.0 Å². The van der Waals surface area contributed by atoms with Gasteiger partial charge < -0.3 is 16.6 Å². The molecule has 0 radical (unpaired) electrons. The maximum atomic E-state index is 12.5. The van der Waals surface area contributed by atoms with Gasteiger partial charge in [-0.1, -0.05) is 0 Å². The number of aliphatic hydroxyl groups excluding tert-OH is 1. The molecule has 1 aliphatic heterocycles. The molecule has 110 valence electrons. The van der Waals surface area contributed by atoms with Crippen LogP contribution in [0.5, 0.6) is 0 Å². The summed E-state index contributed by atoms with van der Waals surface area (Å²) in [7, 11) is -3.78. The quantitative estimate of drug-likeness (QED) is 0.647. The van der Waals surface area contributed by atoms with Crippen LogP contribution in [0.4, 0.5) is 5.69 Å². The van der Waals surface area contributed by atoms with Crippen molar-refractivity contribution in [3.05, 3.63) is 23.8 Å². The van der Waals surface area contributed by atoms with E-state index in [2.05, 4.69) is 0 Å². The average Bonchev–Trinajstić information content (AvgIpc) is 2.87. The molecule has 1 heterocycles. The Labute approximate surface area is 117 Å². The van der Waals surface area contributed by atoms with Crippen LogP contribution in [0.25, 0.3) is 0 Å². The van der Waals surface area contributed by atoms with E-state index in [0.717, 1.165) is 0 Å². The fourth-order valence-corrected chi connectivity index (χ4v) is 4.15. The molecule has 0 bridgehead atoms. The molecular weight excluding hydrogens is 282 g/mol. The summed E-state index contributed by atoms with van der Waals surface area (Å²) < 4.78 is 26.3. The molecule has 0 aromatic heterocycles. The van der Waals surface area contributed by atoms with E-state index < -0.39 is 22.0 Å². The molecule has 1 unspecified atom stereocenters. The Kier molecular flexibility index (Phi) is 3.98. The number of nitrogens with zero attached hydrogens (tertiary/aromatic N) is 1. The number of benzene rings is 1. The molecule has 0 aliphatic carbocycles. The predicted octanol–water partition coefficient (Wildman–Crippen LogP) is -0.487. The van der Waals surface area contributed by atoms with Crippen molar-refractivity contribution in [3.63, 3.8) is 0 Å². The Balaban J connectivity index is 2.42. The van der Waals surface area contributed by atoms with Gasteiger partial charge in [0, 0.05) is 18.2 Å². The van der Waals surface area contributed by atoms with Gasteiger partial charge in [0.25, 0.3) is 0 Å². The van der Waals surface area contributed by atoms with E-state index in [1.54, 1.807) is 0 Å². The predicted molar refractivity (Wildman–Crippen MR) is 73.4 cm³/mol. The highest BCUT2D eigenvalue weighted by atomic mass is 32.2. The van der Waals surface area contributed by atoms with Crippen LogP contribution in [0.3, 0.4) is 0 Å². The molecular formula is C12H17N3O4S. The van der Waals surface area contributed by atoms with Crippen LogP contribution >= 0.6 is 0 Å². The minimum atomic E-state index is -3.78. The standard InChI is InChI=1S/C12H17N3O4S/c13-10-6-8(12(14)17)3-4-11(10)20(18,19)15-5-1-2-9(15)7-16/h3-4,6,9,16H,1-2,5,7,13H2,(H2,14,17). The number of nitrogen functional groups attached to an aromatic ring is 1. The molecule has 8 heteroatoms. The molecule has 5 N–H and O–H groups in total. The minimum Gasteiger partial charge on any atom is -0.398 e. The zero-order valence-corrected chi connectivity index (χ0v) is 11.6. The SMILES string of the molecule is NC(=O)c1ccc(S(=O)(=O)N2CCCC2CO)c(N)c1. The summed E-state index contributed by atoms with van der Waals surface area (Å²) in [6.07, 6.45) is 1.32. The first-order valence-electron chi connectivity index (χ1n) is 6.20. The minimum absolute atomic E-state index is 0.0233. The van der Waals surface area contributed by atoms with Crippen LogP contribution in [0.2, 0.25) is 0 Å². The van der Waals surface area contributed by atoms with Crippen molar-refractivity contribution in [1.82, 2.24) is 4.31 Å². The number of anilines is 1. The first-order chi connectivity index (χ1) is 9.37. The molecule has 0 saturated carbocycles. The van der Waals surface area contributed by atoms with Crippen molar-refractivity contribution in [2.24, 2.45) is 5.73 Å². The second kappa shape index (κ2) is 5.39. The van der Waals surface area contributed by atoms with E-state index in [-0.39, 0.29) is 22.8 Å². The second-order valence-electron chi connectivity index (χ2n) is 4.71. The highest BCUT2D eigenvalue weighted by molar-refractivity contribution is 7.89. The van der Waals surface area contributed by atoms with Crippen molar-refractivity contribution >= 4 is 21.6 Å². The van der Waals surface area contributed by atoms with Crippen molar-refractivity contribution in [3.8, 4) is 0 Å². The lowest BCUT2D eigenvalue weighted by molar-refractivity contribution is 0.1000. The van der Waals surface area contributed by atoms with Crippen molar-refractivity contribution in [1.29, 1.82) is 0 Å². The summed E-state index contributed by atoms with van der Waals surface area (Å²) in [4.78, 5) is 11.0. The van der Waals surface area contributed by atoms with E-state index in [4.69, 9.17) is 11.5 Å². The van der Waals surface area contributed by atoms with Crippen LogP contribution in [-0.4, -0.2) is 42.9 Å². The van der Waals surface area contributed by atoms with Crippen molar-refractivity contribution in [2.75, 3.05) is 18.9 Å². The number of nitrogens with two attached hydrogens (primary N) is 2. The first-order valence-corrected chi connectivity index (χ1v) is 7.64. The fraction of sp³-hybridized carbons (Fsp3) is 0.417. The molecule has 1 amide bonds. The van der Waals surface area contributed by atoms with Gasteiger partial charge in [-0.2, -0.15) is 4.31 Å². The van der Waals surface area contributed by atoms with E-state index in [1.807, 2.05) is 0 Å². The Morgan fingerprint density at radius 2 is 2.15 bits per heavy atom. The molecule has 1 aromatic rings. The average molecular weight is 299 g/mol. The van der Waals surface area contributed by atoms with Gasteiger partial charge in [-0.25, -0.2) is 8.42 Å². The van der Waals surface area contributed by atoms with E-state index in [1.165, 1.54) is 22.5 Å². The molecule has 20 heavy (non-hydrogen) atoms. The van der Waals surface area contributed by atoms with Crippen LogP contribution in [0.15, 0.2) is 23.1 Å². The number of hydrogen-bond donors (Lipinski definition) is 3. The molecule has 1 atom stereocenters. The van der Waals surface area contributed by atoms with E-state index in [0.29, 0.717) is 19.4 Å². The Bertz CT molecular complexity index is 630. The van der Waals surface area contributed by atoms with Crippen molar-refractivity contribution < 1.29 is 18.3 Å². The third-order valence-electron chi connectivity index (χ3n) is 3.41. The summed E-state index contributed by atoms with van der Waals surface area (Å²) in [5, 5.41) is 9.23. The van der Waals surface area contributed by atoms with Crippen LogP contribution in [-0.2, 0) is 10.0 Å². The zero-order chi connectivity index (χ0) is 14.9. The molecule has 1 aromatic carbocycles. The molecule has 7 nitrogen and oxygen atoms in total. The summed E-state index contributed by atoms with van der Waals surface area (Å²) in [5.74, 6) is -0.671. The maximum absolute atomic E-state index is 12.5. The maximum Gasteiger partial charge on any atom is 0.248 e. The summed E-state index contributed by atoms with van der Waals surface area (Å²) in [6, 6.07) is 3.43. The highest BCUT2D eigenvalue weighted by Crippen LogP contribution is 2.29. The van der Waals surface area contributed by atoms with Gasteiger partial charge in [-0.3, -0.25) is 4.79 Å². The van der Waals surface area contributed by atoms with Gasteiger partial charge >= 0.3 is 0 Å². The van der Waals surface area contributed by atoms with E-state index >= 15 is 0 Å². The number of sulfonamides is 1. The lowest BCUT2D eigenvalue weighted by Crippen LogP contribution is -2.37. The first kappa shape index (κ1) is 14.8. The van der Waals surface area contributed by atoms with Crippen LogP contribution in [0, 0.1) is 0 Å². The number of rotatable bonds is 4. The number of carbonyl (C=O) groups excluding carboxylic acids is 1. The summed E-state index contributed by atoms with van der Waals surface area (Å²) >= 11 is 0. The summed E-state index contributed by atoms with van der Waals surface area (Å²) in [5.41, 5.74) is 11.0. The number of amides is 1. The smallest absolute Gasteiger partial charge is 0.248 e. The number of aliphatic hydroxyl groups is 1. The highest BCUT2D eigenvalue weighted by Gasteiger charge is 2.35. The third-order valence-corrected chi connectivity index (χ3v) is 5.44. The Hall–Kier alpha value is -1.64. The van der Waals surface area contributed by atoms with Crippen molar-refractivity contribution in [2.45, 2.75) is 23.8 Å². The topological polar surface area (TPSA) is 127 Å². The van der Waals surface area contributed by atoms with Gasteiger partial charge in [0.2, 0.25) is 15.9 Å². The van der Waals surface area contributed by atoms with Gasteiger partial charge in [0.05, 0.1) is 12.3 Å². The number of carbonyl (C=O) groups is 1. The van der Waals surface area contributed by atoms with Gasteiger partial charge in [0.1, 0.15) is 4.90 Å². The monoisotopic (exact) mass is 299 g/mol. The largest absolute Gasteiger partial charge is 0.398 e. The summed E-state index contributed by atoms with van der Waals surface area (Å²) in [6.45, 7) is 0.128. The second-order valence-corrected chi connectivity index (χ2v) is 6.57. The Morgan fingerprint density at radius 1 is 1.45 bits per heavy atom. The zero-order valence-electron chi connectivity index (χ0n) is 10.8. The normalized spacial score (nSPS) is 20.1. The molecule has 2 rings (SSSR count). The van der Waals surface area contributed by atoms with Gasteiger partial charge in [-0.15, -0.1) is 0 Å². The lowest BCUT2D eigenvalue weighted by Gasteiger charge is -2.23. The molecule has 1 fully saturated rings. The fourth-order valence-electron chi connectivity index (χ4n) is 2.37. The number of hydrogen-bond acceptors (Lipinski definition) is 5. The molecule has 0 spiro atoms. The number of primary amides is 1. The third kappa shape index (κ3) is 2.49. The van der Waals surface area contributed by atoms with Gasteiger partial charge in [0.15, 0.2) is 0 Å².